The third-order valence-electron chi connectivity index (χ3n) is 3.12. The van der Waals surface area contributed by atoms with Gasteiger partial charge in [-0.1, -0.05) is 0 Å². The van der Waals surface area contributed by atoms with E-state index in [4.69, 9.17) is 5.73 Å². The Morgan fingerprint density at radius 3 is 2.63 bits per heavy atom. The zero-order valence-electron chi connectivity index (χ0n) is 11.3. The van der Waals surface area contributed by atoms with Crippen molar-refractivity contribution in [3.8, 4) is 0 Å². The Morgan fingerprint density at radius 1 is 1.32 bits per heavy atom. The lowest BCUT2D eigenvalue weighted by atomic mass is 10.0. The molecule has 0 aliphatic carbocycles. The quantitative estimate of drug-likeness (QED) is 0.919. The van der Waals surface area contributed by atoms with Crippen molar-refractivity contribution in [2.75, 3.05) is 0 Å². The summed E-state index contributed by atoms with van der Waals surface area (Å²) in [5.41, 5.74) is 8.65. The predicted octanol–water partition coefficient (Wildman–Crippen LogP) is 3.25. The topological polar surface area (TPSA) is 56.7 Å². The number of halogens is 1. The predicted molar refractivity (Wildman–Crippen MR) is 79.8 cm³/mol. The van der Waals surface area contributed by atoms with Crippen molar-refractivity contribution < 1.29 is 0 Å². The Hall–Kier alpha value is -1.20. The van der Waals surface area contributed by atoms with Crippen molar-refractivity contribution in [1.82, 2.24) is 14.8 Å². The minimum Gasteiger partial charge on any atom is -0.323 e. The molecule has 2 N–H and O–H groups in total. The van der Waals surface area contributed by atoms with Crippen LogP contribution in [0.4, 0.5) is 0 Å². The van der Waals surface area contributed by atoms with Gasteiger partial charge in [0.25, 0.3) is 0 Å². The molecule has 2 aromatic rings. The van der Waals surface area contributed by atoms with E-state index in [0.29, 0.717) is 6.04 Å². The third-order valence-corrected chi connectivity index (χ3v) is 3.73. The van der Waals surface area contributed by atoms with Crippen molar-refractivity contribution in [3.05, 3.63) is 46.5 Å². The summed E-state index contributed by atoms with van der Waals surface area (Å²) in [5.74, 6) is 0. The first kappa shape index (κ1) is 14.2. The average Bonchev–Trinajstić information content (AvgIpc) is 2.79. The first-order valence-electron chi connectivity index (χ1n) is 6.47. The highest BCUT2D eigenvalue weighted by Gasteiger charge is 2.18. The van der Waals surface area contributed by atoms with Crippen LogP contribution in [0, 0.1) is 0 Å². The zero-order chi connectivity index (χ0) is 13.8. The Balaban J connectivity index is 2.08. The van der Waals surface area contributed by atoms with E-state index in [1.807, 2.05) is 35.4 Å². The van der Waals surface area contributed by atoms with Crippen molar-refractivity contribution in [2.24, 2.45) is 5.73 Å². The van der Waals surface area contributed by atoms with Crippen LogP contribution >= 0.6 is 15.9 Å². The molecule has 0 bridgehead atoms. The van der Waals surface area contributed by atoms with E-state index >= 15 is 0 Å². The fraction of sp³-hybridized carbons (Fsp3) is 0.429. The Morgan fingerprint density at radius 2 is 2.00 bits per heavy atom. The number of rotatable bonds is 5. The molecular weight excluding hydrogens is 304 g/mol. The van der Waals surface area contributed by atoms with Gasteiger partial charge >= 0.3 is 0 Å². The molecule has 0 spiro atoms. The van der Waals surface area contributed by atoms with Crippen LogP contribution in [0.3, 0.4) is 0 Å². The van der Waals surface area contributed by atoms with E-state index in [-0.39, 0.29) is 6.04 Å². The first-order chi connectivity index (χ1) is 9.09. The number of nitrogens with zero attached hydrogens (tertiary/aromatic N) is 3. The van der Waals surface area contributed by atoms with E-state index in [0.717, 1.165) is 23.0 Å². The van der Waals surface area contributed by atoms with Gasteiger partial charge in [-0.05, 0) is 60.3 Å². The molecule has 0 saturated carbocycles. The minimum atomic E-state index is -0.0209. The molecule has 0 aliphatic rings. The molecule has 0 aliphatic heterocycles. The molecule has 2 aromatic heterocycles. The lowest BCUT2D eigenvalue weighted by Crippen LogP contribution is -2.18. The van der Waals surface area contributed by atoms with Gasteiger partial charge in [0.2, 0.25) is 0 Å². The molecular formula is C14H19BrN4. The largest absolute Gasteiger partial charge is 0.323 e. The van der Waals surface area contributed by atoms with Crippen LogP contribution in [0.1, 0.15) is 43.6 Å². The number of hydrogen-bond acceptors (Lipinski definition) is 3. The fourth-order valence-electron chi connectivity index (χ4n) is 2.12. The zero-order valence-corrected chi connectivity index (χ0v) is 12.8. The summed E-state index contributed by atoms with van der Waals surface area (Å²) < 4.78 is 2.98. The van der Waals surface area contributed by atoms with Crippen molar-refractivity contribution in [1.29, 1.82) is 0 Å². The van der Waals surface area contributed by atoms with Crippen LogP contribution < -0.4 is 5.73 Å². The standard InChI is InChI=1S/C14H19BrN4/c1-10(2)19-14(12(15)9-18-19)13(16)4-3-11-5-7-17-8-6-11/h5-10,13H,3-4,16H2,1-2H3. The monoisotopic (exact) mass is 322 g/mol. The van der Waals surface area contributed by atoms with E-state index in [1.165, 1.54) is 5.56 Å². The number of aromatic nitrogens is 3. The van der Waals surface area contributed by atoms with Gasteiger partial charge < -0.3 is 5.73 Å². The van der Waals surface area contributed by atoms with Crippen molar-refractivity contribution in [2.45, 2.75) is 38.8 Å². The molecule has 0 radical (unpaired) electrons. The second kappa shape index (κ2) is 6.30. The molecule has 4 nitrogen and oxygen atoms in total. The third kappa shape index (κ3) is 3.42. The lowest BCUT2D eigenvalue weighted by molar-refractivity contribution is 0.476. The second-order valence-electron chi connectivity index (χ2n) is 4.92. The van der Waals surface area contributed by atoms with E-state index in [9.17, 15) is 0 Å². The summed E-state index contributed by atoms with van der Waals surface area (Å²) in [4.78, 5) is 4.02. The molecule has 19 heavy (non-hydrogen) atoms. The van der Waals surface area contributed by atoms with Crippen LogP contribution in [0.5, 0.6) is 0 Å². The molecule has 2 rings (SSSR count). The summed E-state index contributed by atoms with van der Waals surface area (Å²) in [6, 6.07) is 4.35. The van der Waals surface area contributed by atoms with Gasteiger partial charge in [-0.25, -0.2) is 0 Å². The highest BCUT2D eigenvalue weighted by Crippen LogP contribution is 2.27. The van der Waals surface area contributed by atoms with Gasteiger partial charge in [0.15, 0.2) is 0 Å². The van der Waals surface area contributed by atoms with Gasteiger partial charge in [-0.2, -0.15) is 5.10 Å². The van der Waals surface area contributed by atoms with Crippen LogP contribution in [-0.4, -0.2) is 14.8 Å². The van der Waals surface area contributed by atoms with Crippen molar-refractivity contribution in [3.63, 3.8) is 0 Å². The molecule has 2 heterocycles. The SMILES string of the molecule is CC(C)n1ncc(Br)c1C(N)CCc1ccncc1. The van der Waals surface area contributed by atoms with Gasteiger partial charge in [-0.3, -0.25) is 9.67 Å². The Labute approximate surface area is 122 Å². The number of aryl methyl sites for hydroxylation is 1. The van der Waals surface area contributed by atoms with E-state index < -0.39 is 0 Å². The molecule has 1 atom stereocenters. The normalized spacial score (nSPS) is 12.9. The summed E-state index contributed by atoms with van der Waals surface area (Å²) >= 11 is 3.54. The first-order valence-corrected chi connectivity index (χ1v) is 7.26. The number of pyridine rings is 1. The van der Waals surface area contributed by atoms with Crippen LogP contribution in [0.2, 0.25) is 0 Å². The van der Waals surface area contributed by atoms with Gasteiger partial charge in [0.05, 0.1) is 16.4 Å². The second-order valence-corrected chi connectivity index (χ2v) is 5.77. The van der Waals surface area contributed by atoms with Crippen LogP contribution in [0.25, 0.3) is 0 Å². The maximum Gasteiger partial charge on any atom is 0.0696 e. The Bertz CT molecular complexity index is 521. The van der Waals surface area contributed by atoms with Crippen LogP contribution in [0.15, 0.2) is 35.2 Å². The minimum absolute atomic E-state index is 0.0209. The summed E-state index contributed by atoms with van der Waals surface area (Å²) in [7, 11) is 0. The van der Waals surface area contributed by atoms with Gasteiger partial charge in [0.1, 0.15) is 0 Å². The van der Waals surface area contributed by atoms with Gasteiger partial charge in [0, 0.05) is 24.5 Å². The molecule has 0 amide bonds. The summed E-state index contributed by atoms with van der Waals surface area (Å²) in [6.07, 6.45) is 7.28. The van der Waals surface area contributed by atoms with Gasteiger partial charge in [-0.15, -0.1) is 0 Å². The maximum absolute atomic E-state index is 6.32. The smallest absolute Gasteiger partial charge is 0.0696 e. The van der Waals surface area contributed by atoms with E-state index in [2.05, 4.69) is 39.9 Å². The highest BCUT2D eigenvalue weighted by molar-refractivity contribution is 9.10. The van der Waals surface area contributed by atoms with Crippen LogP contribution in [-0.2, 0) is 6.42 Å². The summed E-state index contributed by atoms with van der Waals surface area (Å²) in [6.45, 7) is 4.22. The molecule has 0 fully saturated rings. The average molecular weight is 323 g/mol. The summed E-state index contributed by atoms with van der Waals surface area (Å²) in [5, 5.41) is 4.37. The number of hydrogen-bond donors (Lipinski definition) is 1. The number of nitrogens with two attached hydrogens (primary N) is 1. The molecule has 0 aromatic carbocycles. The van der Waals surface area contributed by atoms with Crippen molar-refractivity contribution >= 4 is 15.9 Å². The van der Waals surface area contributed by atoms with E-state index in [1.54, 1.807) is 0 Å². The highest BCUT2D eigenvalue weighted by atomic mass is 79.9. The molecule has 5 heteroatoms. The maximum atomic E-state index is 6.32. The molecule has 102 valence electrons. The molecule has 1 unspecified atom stereocenters. The molecule has 0 saturated heterocycles. The Kier molecular flexibility index (Phi) is 4.71. The lowest BCUT2D eigenvalue weighted by Gasteiger charge is -2.17. The fourth-order valence-corrected chi connectivity index (χ4v) is 2.68.